The molecular weight excluding hydrogens is 723 g/mol. The zero-order valence-electron chi connectivity index (χ0n) is 32.2. The van der Waals surface area contributed by atoms with Gasteiger partial charge in [0.15, 0.2) is 0 Å². The van der Waals surface area contributed by atoms with Crippen molar-refractivity contribution in [2.24, 2.45) is 0 Å². The second-order valence-electron chi connectivity index (χ2n) is 16.1. The molecule has 1 aliphatic heterocycles. The molecule has 1 aliphatic carbocycles. The summed E-state index contributed by atoms with van der Waals surface area (Å²) in [7, 11) is 0. The van der Waals surface area contributed by atoms with E-state index in [-0.39, 0.29) is 5.41 Å². The predicted molar refractivity (Wildman–Crippen MR) is 245 cm³/mol. The Balaban J connectivity index is 1.01. The molecule has 58 heavy (non-hydrogen) atoms. The van der Waals surface area contributed by atoms with Crippen LogP contribution in [0.3, 0.4) is 0 Å². The van der Waals surface area contributed by atoms with Crippen molar-refractivity contribution in [3.63, 3.8) is 0 Å². The molecule has 0 spiro atoms. The summed E-state index contributed by atoms with van der Waals surface area (Å²) in [5, 5.41) is 4.91. The Labute approximate surface area is 341 Å². The fraction of sp³-hybridized carbons (Fsp3) is 0.0545. The first-order valence-corrected chi connectivity index (χ1v) is 20.8. The summed E-state index contributed by atoms with van der Waals surface area (Å²) < 4.78 is 9.50. The Kier molecular flexibility index (Phi) is 7.18. The molecule has 1 aromatic heterocycles. The van der Waals surface area contributed by atoms with Crippen LogP contribution in [0.2, 0.25) is 0 Å². The third kappa shape index (κ3) is 4.90. The molecule has 12 rings (SSSR count). The molecule has 0 saturated heterocycles. The van der Waals surface area contributed by atoms with Crippen molar-refractivity contribution in [1.29, 1.82) is 0 Å². The van der Waals surface area contributed by atoms with Crippen molar-refractivity contribution in [2.45, 2.75) is 19.3 Å². The molecule has 274 valence electrons. The van der Waals surface area contributed by atoms with Gasteiger partial charge in [-0.3, -0.25) is 0 Å². The molecule has 3 heteroatoms. The van der Waals surface area contributed by atoms with Crippen LogP contribution in [0, 0.1) is 0 Å². The molecule has 0 radical (unpaired) electrons. The average Bonchev–Trinajstić information content (AvgIpc) is 3.77. The van der Waals surface area contributed by atoms with Gasteiger partial charge in [-0.1, -0.05) is 153 Å². The van der Waals surface area contributed by atoms with E-state index < -0.39 is 0 Å². The highest BCUT2D eigenvalue weighted by Gasteiger charge is 2.36. The number of thiophene rings is 1. The molecule has 0 atom stereocenters. The first-order chi connectivity index (χ1) is 28.5. The van der Waals surface area contributed by atoms with Crippen LogP contribution in [0.15, 0.2) is 188 Å². The second kappa shape index (κ2) is 12.5. The monoisotopic (exact) mass is 759 g/mol. The first-order valence-electron chi connectivity index (χ1n) is 20.0. The van der Waals surface area contributed by atoms with Crippen LogP contribution in [-0.2, 0) is 5.41 Å². The summed E-state index contributed by atoms with van der Waals surface area (Å²) in [6, 6.07) is 68.7. The molecular formula is C55H37NOS. The smallest absolute Gasteiger partial charge is 0.137 e. The highest BCUT2D eigenvalue weighted by atomic mass is 32.1. The zero-order valence-corrected chi connectivity index (χ0v) is 33.0. The van der Waals surface area contributed by atoms with E-state index >= 15 is 0 Å². The molecule has 0 N–H and O–H groups in total. The number of ether oxygens (including phenoxy) is 1. The number of hydrogen-bond donors (Lipinski definition) is 0. The standard InChI is InChI=1S/C55H37NOS/c1-55(2)47-19-8-6-14-40(47)41-28-26-37(32-48(41)55)56(49-20-11-18-46-43-15-7-9-21-52(43)58-54(46)49)38-27-29-42-45-17-10-16-44-39(30-31-50(53(44)45)57-51(42)33-38)36-24-22-35(23-25-36)34-12-4-3-5-13-34/h3-33H,1-2H3. The predicted octanol–water partition coefficient (Wildman–Crippen LogP) is 16.1. The fourth-order valence-corrected chi connectivity index (χ4v) is 10.9. The van der Waals surface area contributed by atoms with Gasteiger partial charge in [0.05, 0.1) is 10.4 Å². The van der Waals surface area contributed by atoms with E-state index in [0.29, 0.717) is 0 Å². The van der Waals surface area contributed by atoms with Crippen LogP contribution in [0.4, 0.5) is 17.1 Å². The fourth-order valence-electron chi connectivity index (χ4n) is 9.65. The molecule has 9 aromatic carbocycles. The molecule has 0 unspecified atom stereocenters. The van der Waals surface area contributed by atoms with Gasteiger partial charge in [0.1, 0.15) is 11.5 Å². The van der Waals surface area contributed by atoms with Gasteiger partial charge in [0, 0.05) is 49.3 Å². The maximum absolute atomic E-state index is 6.94. The van der Waals surface area contributed by atoms with Crippen molar-refractivity contribution in [3.05, 3.63) is 199 Å². The third-order valence-corrected chi connectivity index (χ3v) is 13.7. The van der Waals surface area contributed by atoms with Gasteiger partial charge >= 0.3 is 0 Å². The van der Waals surface area contributed by atoms with E-state index in [9.17, 15) is 0 Å². The van der Waals surface area contributed by atoms with Crippen LogP contribution in [-0.4, -0.2) is 0 Å². The molecule has 10 aromatic rings. The normalized spacial score (nSPS) is 13.3. The zero-order chi connectivity index (χ0) is 38.5. The number of benzene rings is 9. The van der Waals surface area contributed by atoms with Gasteiger partial charge in [0.2, 0.25) is 0 Å². The molecule has 0 saturated carbocycles. The Morgan fingerprint density at radius 3 is 1.95 bits per heavy atom. The van der Waals surface area contributed by atoms with Gasteiger partial charge in [0.25, 0.3) is 0 Å². The van der Waals surface area contributed by atoms with Crippen molar-refractivity contribution in [2.75, 3.05) is 4.90 Å². The highest BCUT2D eigenvalue weighted by molar-refractivity contribution is 7.26. The van der Waals surface area contributed by atoms with Gasteiger partial charge in [-0.25, -0.2) is 0 Å². The molecule has 2 nitrogen and oxygen atoms in total. The van der Waals surface area contributed by atoms with Crippen LogP contribution in [0.5, 0.6) is 11.5 Å². The molecule has 2 aliphatic rings. The van der Waals surface area contributed by atoms with E-state index in [1.807, 2.05) is 11.3 Å². The largest absolute Gasteiger partial charge is 0.456 e. The SMILES string of the molecule is CC1(C)c2ccccc2-c2ccc(N(c3ccc4c(c3)Oc3ccc(-c5ccc(-c6ccccc6)cc5)c5cccc-4c35)c3cccc4c3sc3ccccc34)cc21. The van der Waals surface area contributed by atoms with E-state index in [1.54, 1.807) is 0 Å². The highest BCUT2D eigenvalue weighted by Crippen LogP contribution is 2.54. The minimum absolute atomic E-state index is 0.124. The lowest BCUT2D eigenvalue weighted by molar-refractivity contribution is 0.487. The summed E-state index contributed by atoms with van der Waals surface area (Å²) in [5.74, 6) is 1.75. The van der Waals surface area contributed by atoms with Crippen LogP contribution >= 0.6 is 11.3 Å². The number of hydrogen-bond acceptors (Lipinski definition) is 3. The minimum Gasteiger partial charge on any atom is -0.456 e. The van der Waals surface area contributed by atoms with E-state index in [2.05, 4.69) is 207 Å². The maximum atomic E-state index is 6.94. The van der Waals surface area contributed by atoms with E-state index in [4.69, 9.17) is 4.74 Å². The van der Waals surface area contributed by atoms with Crippen molar-refractivity contribution in [3.8, 4) is 56.0 Å². The van der Waals surface area contributed by atoms with Gasteiger partial charge < -0.3 is 9.64 Å². The minimum atomic E-state index is -0.124. The van der Waals surface area contributed by atoms with Crippen LogP contribution < -0.4 is 9.64 Å². The summed E-state index contributed by atoms with van der Waals surface area (Å²) in [6.45, 7) is 4.71. The summed E-state index contributed by atoms with van der Waals surface area (Å²) in [6.07, 6.45) is 0. The first kappa shape index (κ1) is 33.2. The van der Waals surface area contributed by atoms with Gasteiger partial charge in [-0.15, -0.1) is 11.3 Å². The Morgan fingerprint density at radius 2 is 1.07 bits per heavy atom. The third-order valence-electron chi connectivity index (χ3n) is 12.5. The molecule has 0 amide bonds. The number of nitrogens with zero attached hydrogens (tertiary/aromatic N) is 1. The van der Waals surface area contributed by atoms with Crippen molar-refractivity contribution in [1.82, 2.24) is 0 Å². The van der Waals surface area contributed by atoms with Crippen molar-refractivity contribution < 1.29 is 4.74 Å². The lowest BCUT2D eigenvalue weighted by Crippen LogP contribution is -2.16. The average molecular weight is 760 g/mol. The summed E-state index contributed by atoms with van der Waals surface area (Å²) >= 11 is 1.86. The van der Waals surface area contributed by atoms with Gasteiger partial charge in [-0.2, -0.15) is 0 Å². The van der Waals surface area contributed by atoms with Crippen molar-refractivity contribution >= 4 is 59.3 Å². The molecule has 2 heterocycles. The topological polar surface area (TPSA) is 12.5 Å². The van der Waals surface area contributed by atoms with Crippen LogP contribution in [0.25, 0.3) is 75.5 Å². The summed E-state index contributed by atoms with van der Waals surface area (Å²) in [4.78, 5) is 2.44. The Hall–Kier alpha value is -6.94. The number of anilines is 3. The Morgan fingerprint density at radius 1 is 0.431 bits per heavy atom. The van der Waals surface area contributed by atoms with E-state index in [0.717, 1.165) is 39.5 Å². The molecule has 0 bridgehead atoms. The summed E-state index contributed by atoms with van der Waals surface area (Å²) in [5.41, 5.74) is 15.7. The van der Waals surface area contributed by atoms with Crippen LogP contribution in [0.1, 0.15) is 25.0 Å². The number of fused-ring (bicyclic) bond motifs is 8. The Bertz CT molecular complexity index is 3280. The van der Waals surface area contributed by atoms with E-state index in [1.165, 1.54) is 75.6 Å². The maximum Gasteiger partial charge on any atom is 0.137 e. The molecule has 0 fully saturated rings. The quantitative estimate of drug-likeness (QED) is 0.173. The van der Waals surface area contributed by atoms with Gasteiger partial charge in [-0.05, 0) is 97.9 Å². The lowest BCUT2D eigenvalue weighted by Gasteiger charge is -2.30. The second-order valence-corrected chi connectivity index (χ2v) is 17.1. The number of rotatable bonds is 5. The lowest BCUT2D eigenvalue weighted by atomic mass is 9.82.